The molecule has 0 radical (unpaired) electrons. The van der Waals surface area contributed by atoms with Crippen molar-refractivity contribution in [1.29, 1.82) is 0 Å². The maximum atomic E-state index is 5.97. The minimum Gasteiger partial charge on any atom is -0.472 e. The van der Waals surface area contributed by atoms with Crippen molar-refractivity contribution in [1.82, 2.24) is 9.78 Å². The molecule has 0 saturated heterocycles. The van der Waals surface area contributed by atoms with E-state index < -0.39 is 0 Å². The highest BCUT2D eigenvalue weighted by Gasteiger charge is 2.30. The summed E-state index contributed by atoms with van der Waals surface area (Å²) < 4.78 is 7.03. The van der Waals surface area contributed by atoms with Crippen molar-refractivity contribution in [3.63, 3.8) is 0 Å². The highest BCUT2D eigenvalue weighted by atomic mass is 16.3. The lowest BCUT2D eigenvalue weighted by Gasteiger charge is -2.09. The van der Waals surface area contributed by atoms with Gasteiger partial charge in [-0.15, -0.1) is 0 Å². The predicted octanol–water partition coefficient (Wildman–Crippen LogP) is 2.70. The molecule has 1 aliphatic rings. The van der Waals surface area contributed by atoms with Gasteiger partial charge in [0.1, 0.15) is 5.69 Å². The molecule has 2 heterocycles. The van der Waals surface area contributed by atoms with Gasteiger partial charge in [-0.1, -0.05) is 0 Å². The molecule has 1 aliphatic carbocycles. The SMILES string of the molecule is CC(C1CC1)n1cc(N)c(-c2ccoc2)n1. The van der Waals surface area contributed by atoms with Gasteiger partial charge in [-0.3, -0.25) is 4.68 Å². The van der Waals surface area contributed by atoms with Crippen LogP contribution in [0.2, 0.25) is 0 Å². The monoisotopic (exact) mass is 217 g/mol. The minimum atomic E-state index is 0.447. The topological polar surface area (TPSA) is 57.0 Å². The third kappa shape index (κ3) is 1.50. The minimum absolute atomic E-state index is 0.447. The Labute approximate surface area is 94.0 Å². The van der Waals surface area contributed by atoms with Gasteiger partial charge in [-0.05, 0) is 31.7 Å². The van der Waals surface area contributed by atoms with E-state index in [1.807, 2.05) is 16.9 Å². The quantitative estimate of drug-likeness (QED) is 0.859. The Hall–Kier alpha value is -1.71. The molecule has 84 valence electrons. The number of aromatic nitrogens is 2. The third-order valence-corrected chi connectivity index (χ3v) is 3.28. The molecule has 0 bridgehead atoms. The van der Waals surface area contributed by atoms with Crippen molar-refractivity contribution in [3.8, 4) is 11.3 Å². The molecule has 2 aromatic rings. The summed E-state index contributed by atoms with van der Waals surface area (Å²) in [5.74, 6) is 0.775. The van der Waals surface area contributed by atoms with E-state index in [1.54, 1.807) is 12.5 Å². The zero-order chi connectivity index (χ0) is 11.1. The molecule has 0 amide bonds. The van der Waals surface area contributed by atoms with Crippen LogP contribution in [0.1, 0.15) is 25.8 Å². The van der Waals surface area contributed by atoms with Gasteiger partial charge < -0.3 is 10.2 Å². The van der Waals surface area contributed by atoms with Gasteiger partial charge in [0, 0.05) is 11.8 Å². The summed E-state index contributed by atoms with van der Waals surface area (Å²) in [6.07, 6.45) is 7.85. The average molecular weight is 217 g/mol. The predicted molar refractivity (Wildman–Crippen MR) is 61.8 cm³/mol. The lowest BCUT2D eigenvalue weighted by Crippen LogP contribution is -2.07. The number of furan rings is 1. The molecule has 2 N–H and O–H groups in total. The van der Waals surface area contributed by atoms with Gasteiger partial charge in [-0.25, -0.2) is 0 Å². The van der Waals surface area contributed by atoms with E-state index in [2.05, 4.69) is 12.0 Å². The first kappa shape index (κ1) is 9.51. The van der Waals surface area contributed by atoms with Crippen LogP contribution < -0.4 is 5.73 Å². The Bertz CT molecular complexity index is 482. The van der Waals surface area contributed by atoms with Gasteiger partial charge >= 0.3 is 0 Å². The van der Waals surface area contributed by atoms with Crippen LogP contribution in [0, 0.1) is 5.92 Å². The Balaban J connectivity index is 1.95. The van der Waals surface area contributed by atoms with Crippen molar-refractivity contribution < 1.29 is 4.42 Å². The van der Waals surface area contributed by atoms with Crippen LogP contribution >= 0.6 is 0 Å². The molecule has 0 spiro atoms. The van der Waals surface area contributed by atoms with Crippen LogP contribution in [-0.2, 0) is 0 Å². The van der Waals surface area contributed by atoms with E-state index >= 15 is 0 Å². The Morgan fingerprint density at radius 2 is 2.38 bits per heavy atom. The lowest BCUT2D eigenvalue weighted by atomic mass is 10.2. The first-order valence-corrected chi connectivity index (χ1v) is 5.63. The first-order chi connectivity index (χ1) is 7.75. The zero-order valence-electron chi connectivity index (χ0n) is 9.26. The highest BCUT2D eigenvalue weighted by molar-refractivity contribution is 5.70. The van der Waals surface area contributed by atoms with Crippen molar-refractivity contribution in [2.45, 2.75) is 25.8 Å². The van der Waals surface area contributed by atoms with E-state index in [0.717, 1.165) is 17.2 Å². The van der Waals surface area contributed by atoms with Gasteiger partial charge in [0.15, 0.2) is 0 Å². The average Bonchev–Trinajstić information content (AvgIpc) is 2.84. The second kappa shape index (κ2) is 3.40. The Morgan fingerprint density at radius 1 is 1.56 bits per heavy atom. The van der Waals surface area contributed by atoms with Crippen LogP contribution in [-0.4, -0.2) is 9.78 Å². The summed E-state index contributed by atoms with van der Waals surface area (Å²) in [6, 6.07) is 2.33. The molecule has 1 atom stereocenters. The molecule has 3 rings (SSSR count). The molecule has 16 heavy (non-hydrogen) atoms. The van der Waals surface area contributed by atoms with E-state index in [0.29, 0.717) is 11.7 Å². The fourth-order valence-electron chi connectivity index (χ4n) is 2.03. The van der Waals surface area contributed by atoms with E-state index in [4.69, 9.17) is 10.2 Å². The van der Waals surface area contributed by atoms with Crippen molar-refractivity contribution in [3.05, 3.63) is 24.8 Å². The smallest absolute Gasteiger partial charge is 0.118 e. The summed E-state index contributed by atoms with van der Waals surface area (Å²) in [5.41, 5.74) is 8.45. The van der Waals surface area contributed by atoms with Crippen LogP contribution in [0.5, 0.6) is 0 Å². The van der Waals surface area contributed by atoms with Crippen LogP contribution in [0.25, 0.3) is 11.3 Å². The zero-order valence-corrected chi connectivity index (χ0v) is 9.26. The maximum Gasteiger partial charge on any atom is 0.118 e. The molecule has 4 nitrogen and oxygen atoms in total. The van der Waals surface area contributed by atoms with Crippen LogP contribution in [0.15, 0.2) is 29.2 Å². The molecule has 1 fully saturated rings. The number of hydrogen-bond acceptors (Lipinski definition) is 3. The van der Waals surface area contributed by atoms with Gasteiger partial charge in [0.05, 0.1) is 24.3 Å². The molecule has 4 heteroatoms. The largest absolute Gasteiger partial charge is 0.472 e. The van der Waals surface area contributed by atoms with Crippen LogP contribution in [0.3, 0.4) is 0 Å². The van der Waals surface area contributed by atoms with Crippen molar-refractivity contribution in [2.75, 3.05) is 5.73 Å². The number of hydrogen-bond donors (Lipinski definition) is 1. The molecular formula is C12H15N3O. The summed E-state index contributed by atoms with van der Waals surface area (Å²) in [7, 11) is 0. The normalized spacial score (nSPS) is 17.6. The Kier molecular flexibility index (Phi) is 2.02. The van der Waals surface area contributed by atoms with Crippen molar-refractivity contribution in [2.24, 2.45) is 5.92 Å². The van der Waals surface area contributed by atoms with Gasteiger partial charge in [0.2, 0.25) is 0 Å². The first-order valence-electron chi connectivity index (χ1n) is 5.63. The van der Waals surface area contributed by atoms with Gasteiger partial charge in [0.25, 0.3) is 0 Å². The molecule has 2 aromatic heterocycles. The molecule has 1 saturated carbocycles. The molecule has 0 aliphatic heterocycles. The standard InChI is InChI=1S/C12H15N3O/c1-8(9-2-3-9)15-6-11(13)12(14-15)10-4-5-16-7-10/h4-9H,2-3,13H2,1H3. The number of nitrogen functional groups attached to an aromatic ring is 1. The van der Waals surface area contributed by atoms with Crippen molar-refractivity contribution >= 4 is 5.69 Å². The summed E-state index contributed by atoms with van der Waals surface area (Å²) in [4.78, 5) is 0. The molecule has 0 aromatic carbocycles. The number of anilines is 1. The van der Waals surface area contributed by atoms with Crippen LogP contribution in [0.4, 0.5) is 5.69 Å². The molecule has 1 unspecified atom stereocenters. The van der Waals surface area contributed by atoms with E-state index in [-0.39, 0.29) is 0 Å². The second-order valence-electron chi connectivity index (χ2n) is 4.50. The lowest BCUT2D eigenvalue weighted by molar-refractivity contribution is 0.441. The highest BCUT2D eigenvalue weighted by Crippen LogP contribution is 2.40. The fraction of sp³-hybridized carbons (Fsp3) is 0.417. The Morgan fingerprint density at radius 3 is 3.00 bits per heavy atom. The number of nitrogens with two attached hydrogens (primary N) is 1. The summed E-state index contributed by atoms with van der Waals surface area (Å²) in [5, 5.41) is 4.55. The maximum absolute atomic E-state index is 5.97. The number of nitrogens with zero attached hydrogens (tertiary/aromatic N) is 2. The third-order valence-electron chi connectivity index (χ3n) is 3.28. The number of rotatable bonds is 3. The summed E-state index contributed by atoms with van der Waals surface area (Å²) >= 11 is 0. The van der Waals surface area contributed by atoms with Gasteiger partial charge in [-0.2, -0.15) is 5.10 Å². The van der Waals surface area contributed by atoms with E-state index in [1.165, 1.54) is 12.8 Å². The van der Waals surface area contributed by atoms with E-state index in [9.17, 15) is 0 Å². The second-order valence-corrected chi connectivity index (χ2v) is 4.50. The fourth-order valence-corrected chi connectivity index (χ4v) is 2.03. The summed E-state index contributed by atoms with van der Waals surface area (Å²) in [6.45, 7) is 2.20. The molecular weight excluding hydrogens is 202 g/mol.